The molecule has 2 N–H and O–H groups in total. The highest BCUT2D eigenvalue weighted by Gasteiger charge is 2.47. The fourth-order valence-corrected chi connectivity index (χ4v) is 1.98. The van der Waals surface area contributed by atoms with E-state index in [2.05, 4.69) is 5.32 Å². The molecule has 1 aromatic rings. The van der Waals surface area contributed by atoms with Crippen LogP contribution in [-0.2, 0) is 25.8 Å². The van der Waals surface area contributed by atoms with Crippen LogP contribution in [0.4, 0.5) is 4.79 Å². The van der Waals surface area contributed by atoms with Gasteiger partial charge >= 0.3 is 12.1 Å². The molecule has 0 saturated carbocycles. The molecular weight excluding hydrogens is 292 g/mol. The van der Waals surface area contributed by atoms with E-state index < -0.39 is 36.7 Å². The topological polar surface area (TPSA) is 105 Å². The Balaban J connectivity index is 1.76. The number of amides is 2. The zero-order valence-corrected chi connectivity index (χ0v) is 11.9. The van der Waals surface area contributed by atoms with E-state index >= 15 is 0 Å². The van der Waals surface area contributed by atoms with Crippen molar-refractivity contribution in [2.24, 2.45) is 0 Å². The van der Waals surface area contributed by atoms with Crippen molar-refractivity contribution in [3.05, 3.63) is 35.9 Å². The SMILES string of the molecule is C[C@H]1[C@H](NC(=O)OCc2ccccc2)C(=O)N1OCC(=O)O. The summed E-state index contributed by atoms with van der Waals surface area (Å²) < 4.78 is 5.01. The summed E-state index contributed by atoms with van der Waals surface area (Å²) in [5.41, 5.74) is 0.831. The molecule has 0 aliphatic carbocycles. The highest BCUT2D eigenvalue weighted by Crippen LogP contribution is 2.20. The zero-order valence-electron chi connectivity index (χ0n) is 11.9. The highest BCUT2D eigenvalue weighted by atomic mass is 16.7. The number of carboxylic acid groups (broad SMARTS) is 1. The summed E-state index contributed by atoms with van der Waals surface area (Å²) in [5.74, 6) is -1.69. The van der Waals surface area contributed by atoms with Crippen molar-refractivity contribution in [3.8, 4) is 0 Å². The molecule has 8 heteroatoms. The number of hydrogen-bond donors (Lipinski definition) is 2. The second-order valence-electron chi connectivity index (χ2n) is 4.76. The summed E-state index contributed by atoms with van der Waals surface area (Å²) in [7, 11) is 0. The van der Waals surface area contributed by atoms with E-state index in [-0.39, 0.29) is 6.61 Å². The number of carbonyl (C=O) groups is 3. The molecular formula is C14H16N2O6. The summed E-state index contributed by atoms with van der Waals surface area (Å²) in [6.07, 6.45) is -0.716. The van der Waals surface area contributed by atoms with Crippen molar-refractivity contribution in [1.29, 1.82) is 0 Å². The van der Waals surface area contributed by atoms with E-state index in [9.17, 15) is 14.4 Å². The molecule has 2 atom stereocenters. The Hall–Kier alpha value is -2.61. The van der Waals surface area contributed by atoms with Crippen LogP contribution in [0.3, 0.4) is 0 Å². The summed E-state index contributed by atoms with van der Waals surface area (Å²) in [6.45, 7) is 1.12. The first kappa shape index (κ1) is 15.8. The van der Waals surface area contributed by atoms with Crippen LogP contribution in [0.5, 0.6) is 0 Å². The van der Waals surface area contributed by atoms with Crippen molar-refractivity contribution in [3.63, 3.8) is 0 Å². The largest absolute Gasteiger partial charge is 0.479 e. The molecule has 1 aliphatic rings. The van der Waals surface area contributed by atoms with Gasteiger partial charge in [-0.1, -0.05) is 30.3 Å². The molecule has 2 rings (SSSR count). The molecule has 1 fully saturated rings. The maximum absolute atomic E-state index is 11.7. The Morgan fingerprint density at radius 2 is 2.00 bits per heavy atom. The van der Waals surface area contributed by atoms with Gasteiger partial charge in [-0.15, -0.1) is 0 Å². The smallest absolute Gasteiger partial charge is 0.408 e. The molecule has 0 radical (unpaired) electrons. The number of hydroxylamine groups is 2. The minimum atomic E-state index is -1.18. The molecule has 22 heavy (non-hydrogen) atoms. The van der Waals surface area contributed by atoms with Gasteiger partial charge in [0, 0.05) is 0 Å². The number of hydrogen-bond acceptors (Lipinski definition) is 5. The first-order valence-corrected chi connectivity index (χ1v) is 6.64. The lowest BCUT2D eigenvalue weighted by Gasteiger charge is -2.43. The highest BCUT2D eigenvalue weighted by molar-refractivity contribution is 5.91. The van der Waals surface area contributed by atoms with Crippen molar-refractivity contribution >= 4 is 18.0 Å². The van der Waals surface area contributed by atoms with Crippen molar-refractivity contribution in [2.45, 2.75) is 25.6 Å². The van der Waals surface area contributed by atoms with Crippen LogP contribution in [-0.4, -0.2) is 46.8 Å². The number of rotatable bonds is 6. The van der Waals surface area contributed by atoms with Crippen molar-refractivity contribution in [1.82, 2.24) is 10.4 Å². The Morgan fingerprint density at radius 1 is 1.32 bits per heavy atom. The van der Waals surface area contributed by atoms with Crippen LogP contribution in [0, 0.1) is 0 Å². The van der Waals surface area contributed by atoms with Gasteiger partial charge in [0.2, 0.25) is 0 Å². The Bertz CT molecular complexity index is 562. The number of ether oxygens (including phenoxy) is 1. The molecule has 1 heterocycles. The third-order valence-corrected chi connectivity index (χ3v) is 3.15. The average molecular weight is 308 g/mol. The van der Waals surface area contributed by atoms with E-state index in [1.54, 1.807) is 6.92 Å². The monoisotopic (exact) mass is 308 g/mol. The number of nitrogens with one attached hydrogen (secondary N) is 1. The van der Waals surface area contributed by atoms with Crippen LogP contribution < -0.4 is 5.32 Å². The van der Waals surface area contributed by atoms with Crippen LogP contribution in [0.2, 0.25) is 0 Å². The minimum Gasteiger partial charge on any atom is -0.479 e. The molecule has 1 aliphatic heterocycles. The van der Waals surface area contributed by atoms with Gasteiger partial charge in [-0.2, -0.15) is 0 Å². The first-order valence-electron chi connectivity index (χ1n) is 6.64. The number of alkyl carbamates (subject to hydrolysis) is 1. The summed E-state index contributed by atoms with van der Waals surface area (Å²) in [6, 6.07) is 7.88. The van der Waals surface area contributed by atoms with Gasteiger partial charge in [-0.05, 0) is 12.5 Å². The molecule has 1 aromatic carbocycles. The lowest BCUT2D eigenvalue weighted by atomic mass is 10.0. The number of benzene rings is 1. The van der Waals surface area contributed by atoms with Gasteiger partial charge in [-0.25, -0.2) is 14.7 Å². The first-order chi connectivity index (χ1) is 10.5. The second-order valence-corrected chi connectivity index (χ2v) is 4.76. The van der Waals surface area contributed by atoms with E-state index in [0.29, 0.717) is 0 Å². The van der Waals surface area contributed by atoms with Crippen LogP contribution in [0.15, 0.2) is 30.3 Å². The maximum atomic E-state index is 11.7. The predicted octanol–water partition coefficient (Wildman–Crippen LogP) is 0.528. The quantitative estimate of drug-likeness (QED) is 0.743. The van der Waals surface area contributed by atoms with Gasteiger partial charge in [0.05, 0.1) is 6.04 Å². The van der Waals surface area contributed by atoms with E-state index in [1.807, 2.05) is 30.3 Å². The van der Waals surface area contributed by atoms with Crippen molar-refractivity contribution in [2.75, 3.05) is 6.61 Å². The maximum Gasteiger partial charge on any atom is 0.408 e. The summed E-state index contributed by atoms with van der Waals surface area (Å²) >= 11 is 0. The third-order valence-electron chi connectivity index (χ3n) is 3.15. The third kappa shape index (κ3) is 3.73. The number of carbonyl (C=O) groups excluding carboxylic acids is 2. The molecule has 118 valence electrons. The Morgan fingerprint density at radius 3 is 2.59 bits per heavy atom. The Labute approximate surface area is 126 Å². The van der Waals surface area contributed by atoms with Gasteiger partial charge in [0.25, 0.3) is 5.91 Å². The van der Waals surface area contributed by atoms with E-state index in [0.717, 1.165) is 10.6 Å². The molecule has 0 spiro atoms. The van der Waals surface area contributed by atoms with E-state index in [4.69, 9.17) is 14.7 Å². The lowest BCUT2D eigenvalue weighted by Crippen LogP contribution is -2.69. The average Bonchev–Trinajstić information content (AvgIpc) is 2.51. The van der Waals surface area contributed by atoms with Crippen LogP contribution in [0.1, 0.15) is 12.5 Å². The van der Waals surface area contributed by atoms with Crippen LogP contribution >= 0.6 is 0 Å². The number of nitrogens with zero attached hydrogens (tertiary/aromatic N) is 1. The van der Waals surface area contributed by atoms with Gasteiger partial charge in [-0.3, -0.25) is 9.63 Å². The number of aliphatic carboxylic acids is 1. The van der Waals surface area contributed by atoms with Gasteiger partial charge < -0.3 is 15.2 Å². The van der Waals surface area contributed by atoms with Gasteiger partial charge in [0.1, 0.15) is 12.6 Å². The molecule has 2 amide bonds. The van der Waals surface area contributed by atoms with Gasteiger partial charge in [0.15, 0.2) is 6.61 Å². The van der Waals surface area contributed by atoms with Crippen LogP contribution in [0.25, 0.3) is 0 Å². The molecule has 0 aromatic heterocycles. The predicted molar refractivity (Wildman–Crippen MR) is 73.4 cm³/mol. The standard InChI is InChI=1S/C14H16N2O6/c1-9-12(13(19)16(9)22-8-11(17)18)15-14(20)21-7-10-5-3-2-4-6-10/h2-6,9,12H,7-8H2,1H3,(H,15,20)(H,17,18)/t9-,12-/m0/s1. The second kappa shape index (κ2) is 6.90. The minimum absolute atomic E-state index is 0.0984. The van der Waals surface area contributed by atoms with Crippen molar-refractivity contribution < 1.29 is 29.1 Å². The number of β-lactam (4-membered cyclic amide) rings is 1. The lowest BCUT2D eigenvalue weighted by molar-refractivity contribution is -0.233. The molecule has 0 unspecified atom stereocenters. The number of carboxylic acids is 1. The molecule has 0 bridgehead atoms. The summed E-state index contributed by atoms with van der Waals surface area (Å²) in [5, 5.41) is 11.8. The molecule has 1 saturated heterocycles. The van der Waals surface area contributed by atoms with E-state index in [1.165, 1.54) is 0 Å². The fraction of sp³-hybridized carbons (Fsp3) is 0.357. The normalized spacial score (nSPS) is 20.2. The molecule has 8 nitrogen and oxygen atoms in total. The summed E-state index contributed by atoms with van der Waals surface area (Å²) in [4.78, 5) is 38.6. The zero-order chi connectivity index (χ0) is 16.1. The Kier molecular flexibility index (Phi) is 4.95. The fourth-order valence-electron chi connectivity index (χ4n) is 1.98.